The molecule has 1 N–H and O–H groups in total. The number of para-hydroxylation sites is 1. The molecule has 1 amide bonds. The van der Waals surface area contributed by atoms with Gasteiger partial charge in [0.15, 0.2) is 0 Å². The molecule has 0 radical (unpaired) electrons. The quantitative estimate of drug-likeness (QED) is 0.327. The average Bonchev–Trinajstić information content (AvgIpc) is 3.44. The van der Waals surface area contributed by atoms with Crippen LogP contribution in [0.5, 0.6) is 5.75 Å². The molecule has 0 saturated heterocycles. The number of rotatable bonds is 5. The summed E-state index contributed by atoms with van der Waals surface area (Å²) < 4.78 is 8.88. The Morgan fingerprint density at radius 1 is 1.03 bits per heavy atom. The van der Waals surface area contributed by atoms with Crippen LogP contribution < -0.4 is 10.1 Å². The molecule has 0 bridgehead atoms. The molecule has 174 valence electrons. The molecular weight excluding hydrogens is 456 g/mol. The van der Waals surface area contributed by atoms with E-state index in [1.165, 1.54) is 11.1 Å². The Hall–Kier alpha value is -3.97. The van der Waals surface area contributed by atoms with Gasteiger partial charge in [0.2, 0.25) is 11.0 Å². The lowest BCUT2D eigenvalue weighted by Gasteiger charge is -2.24. The number of fused-ring (bicyclic) bond motifs is 2. The summed E-state index contributed by atoms with van der Waals surface area (Å²) in [7, 11) is 0. The molecule has 6 nitrogen and oxygen atoms in total. The predicted molar refractivity (Wildman–Crippen MR) is 139 cm³/mol. The van der Waals surface area contributed by atoms with Crippen molar-refractivity contribution in [2.75, 3.05) is 5.32 Å². The second-order valence-electron chi connectivity index (χ2n) is 8.81. The summed E-state index contributed by atoms with van der Waals surface area (Å²) in [6, 6.07) is 24.3. The van der Waals surface area contributed by atoms with Gasteiger partial charge in [0, 0.05) is 17.9 Å². The zero-order valence-electron chi connectivity index (χ0n) is 19.5. The summed E-state index contributed by atoms with van der Waals surface area (Å²) in [5.74, 6) is 1.42. The van der Waals surface area contributed by atoms with Gasteiger partial charge < -0.3 is 10.1 Å². The van der Waals surface area contributed by atoms with Crippen molar-refractivity contribution < 1.29 is 9.53 Å². The highest BCUT2D eigenvalue weighted by molar-refractivity contribution is 7.20. The van der Waals surface area contributed by atoms with Crippen LogP contribution in [0.1, 0.15) is 40.3 Å². The van der Waals surface area contributed by atoms with Gasteiger partial charge in [0.05, 0.1) is 15.9 Å². The second-order valence-corrected chi connectivity index (χ2v) is 9.82. The van der Waals surface area contributed by atoms with Crippen LogP contribution >= 0.6 is 11.3 Å². The van der Waals surface area contributed by atoms with E-state index in [-0.39, 0.29) is 11.8 Å². The average molecular weight is 481 g/mol. The van der Waals surface area contributed by atoms with Crippen LogP contribution in [-0.2, 0) is 11.4 Å². The minimum absolute atomic E-state index is 0.0235. The molecule has 0 fully saturated rings. The summed E-state index contributed by atoms with van der Waals surface area (Å²) in [5, 5.41) is 8.58. The number of amides is 1. The standard InChI is InChI=1S/C28H24N4O2S/c1-17-7-3-4-8-20(17)16-34-21-13-11-19(12-14-21)22-15-25(33)30-27-26(22)18(2)31-32(27)28-29-23-9-5-6-10-24(23)35-28/h3-14,22H,15-16H2,1-2H3,(H,30,33)/t22-/m1/s1. The van der Waals surface area contributed by atoms with Crippen LogP contribution in [0.4, 0.5) is 5.82 Å². The lowest BCUT2D eigenvalue weighted by molar-refractivity contribution is -0.116. The molecule has 0 spiro atoms. The van der Waals surface area contributed by atoms with Crippen LogP contribution in [0.3, 0.4) is 0 Å². The monoisotopic (exact) mass is 480 g/mol. The van der Waals surface area contributed by atoms with E-state index < -0.39 is 0 Å². The van der Waals surface area contributed by atoms with E-state index in [1.54, 1.807) is 16.0 Å². The third kappa shape index (κ3) is 3.98. The predicted octanol–water partition coefficient (Wildman–Crippen LogP) is 6.15. The number of nitrogens with zero attached hydrogens (tertiary/aromatic N) is 3. The van der Waals surface area contributed by atoms with Gasteiger partial charge in [-0.25, -0.2) is 4.98 Å². The van der Waals surface area contributed by atoms with Crippen molar-refractivity contribution in [1.82, 2.24) is 14.8 Å². The van der Waals surface area contributed by atoms with E-state index in [2.05, 4.69) is 36.5 Å². The first-order valence-corrected chi connectivity index (χ1v) is 12.4. The Balaban J connectivity index is 1.30. The van der Waals surface area contributed by atoms with Crippen LogP contribution in [0, 0.1) is 13.8 Å². The summed E-state index contributed by atoms with van der Waals surface area (Å²) in [6.45, 7) is 4.60. The lowest BCUT2D eigenvalue weighted by atomic mass is 9.86. The SMILES string of the molecule is Cc1ccccc1COc1ccc([C@H]2CC(=O)Nc3c2c(C)nn3-c2nc3ccccc3s2)cc1. The molecule has 0 aliphatic carbocycles. The van der Waals surface area contributed by atoms with Crippen molar-refractivity contribution in [1.29, 1.82) is 0 Å². The first-order chi connectivity index (χ1) is 17.1. The van der Waals surface area contributed by atoms with Gasteiger partial charge in [0.1, 0.15) is 18.2 Å². The molecule has 1 atom stereocenters. The molecule has 0 unspecified atom stereocenters. The zero-order valence-corrected chi connectivity index (χ0v) is 20.3. The summed E-state index contributed by atoms with van der Waals surface area (Å²) in [6.07, 6.45) is 0.378. The highest BCUT2D eigenvalue weighted by Gasteiger charge is 2.33. The number of hydrogen-bond donors (Lipinski definition) is 1. The Kier molecular flexibility index (Phi) is 5.34. The lowest BCUT2D eigenvalue weighted by Crippen LogP contribution is -2.24. The van der Waals surface area contributed by atoms with Crippen molar-refractivity contribution >= 4 is 33.3 Å². The number of carbonyl (C=O) groups is 1. The highest BCUT2D eigenvalue weighted by Crippen LogP contribution is 2.41. The summed E-state index contributed by atoms with van der Waals surface area (Å²) in [4.78, 5) is 17.5. The molecule has 3 heterocycles. The Labute approximate surface area is 207 Å². The molecule has 5 aromatic rings. The highest BCUT2D eigenvalue weighted by atomic mass is 32.1. The number of nitrogens with one attached hydrogen (secondary N) is 1. The fourth-order valence-corrected chi connectivity index (χ4v) is 5.57. The van der Waals surface area contributed by atoms with Crippen molar-refractivity contribution in [3.8, 4) is 10.9 Å². The first kappa shape index (κ1) is 21.6. The number of carbonyl (C=O) groups excluding carboxylic acids is 1. The van der Waals surface area contributed by atoms with E-state index in [9.17, 15) is 4.79 Å². The Bertz CT molecular complexity index is 1520. The number of aromatic nitrogens is 3. The molecule has 0 saturated carbocycles. The van der Waals surface area contributed by atoms with Crippen LogP contribution in [0.25, 0.3) is 15.3 Å². The summed E-state index contributed by atoms with van der Waals surface area (Å²) >= 11 is 1.56. The number of aryl methyl sites for hydroxylation is 2. The van der Waals surface area contributed by atoms with Crippen molar-refractivity contribution in [2.45, 2.75) is 32.8 Å². The van der Waals surface area contributed by atoms with Gasteiger partial charge in [-0.05, 0) is 54.8 Å². The Morgan fingerprint density at radius 3 is 2.60 bits per heavy atom. The molecule has 35 heavy (non-hydrogen) atoms. The number of benzene rings is 3. The summed E-state index contributed by atoms with van der Waals surface area (Å²) in [5.41, 5.74) is 6.31. The maximum Gasteiger partial charge on any atom is 0.226 e. The largest absolute Gasteiger partial charge is 0.489 e. The molecule has 1 aliphatic heterocycles. The van der Waals surface area contributed by atoms with Crippen LogP contribution in [0.2, 0.25) is 0 Å². The zero-order chi connectivity index (χ0) is 23.9. The second kappa shape index (κ2) is 8.67. The van der Waals surface area contributed by atoms with Gasteiger partial charge >= 0.3 is 0 Å². The number of ether oxygens (including phenoxy) is 1. The minimum atomic E-state index is -0.0766. The topological polar surface area (TPSA) is 69.0 Å². The number of hydrogen-bond acceptors (Lipinski definition) is 5. The van der Waals surface area contributed by atoms with Gasteiger partial charge in [-0.2, -0.15) is 9.78 Å². The van der Waals surface area contributed by atoms with Crippen LogP contribution in [-0.4, -0.2) is 20.7 Å². The third-order valence-corrected chi connectivity index (χ3v) is 7.52. The molecule has 2 aromatic heterocycles. The third-order valence-electron chi connectivity index (χ3n) is 6.50. The number of thiazole rings is 1. The van der Waals surface area contributed by atoms with E-state index in [1.807, 2.05) is 55.5 Å². The first-order valence-electron chi connectivity index (χ1n) is 11.6. The minimum Gasteiger partial charge on any atom is -0.489 e. The van der Waals surface area contributed by atoms with Gasteiger partial charge in [-0.3, -0.25) is 4.79 Å². The Morgan fingerprint density at radius 2 is 1.80 bits per heavy atom. The van der Waals surface area contributed by atoms with E-state index in [0.717, 1.165) is 37.9 Å². The molecule has 1 aliphatic rings. The fraction of sp³-hybridized carbons (Fsp3) is 0.179. The molecular formula is C28H24N4O2S. The maximum absolute atomic E-state index is 12.7. The molecule has 7 heteroatoms. The molecule has 6 rings (SSSR count). The van der Waals surface area contributed by atoms with Crippen molar-refractivity contribution in [3.63, 3.8) is 0 Å². The van der Waals surface area contributed by atoms with Gasteiger partial charge in [-0.1, -0.05) is 59.9 Å². The maximum atomic E-state index is 12.7. The fourth-order valence-electron chi connectivity index (χ4n) is 4.65. The molecule has 3 aromatic carbocycles. The van der Waals surface area contributed by atoms with Gasteiger partial charge in [-0.15, -0.1) is 0 Å². The van der Waals surface area contributed by atoms with E-state index in [4.69, 9.17) is 14.8 Å². The van der Waals surface area contributed by atoms with Crippen molar-refractivity contribution in [2.24, 2.45) is 0 Å². The van der Waals surface area contributed by atoms with Crippen molar-refractivity contribution in [3.05, 3.63) is 101 Å². The smallest absolute Gasteiger partial charge is 0.226 e. The van der Waals surface area contributed by atoms with E-state index in [0.29, 0.717) is 18.8 Å². The van der Waals surface area contributed by atoms with E-state index >= 15 is 0 Å². The number of anilines is 1. The normalized spacial score (nSPS) is 15.1. The van der Waals surface area contributed by atoms with Gasteiger partial charge in [0.25, 0.3) is 0 Å². The van der Waals surface area contributed by atoms with Crippen LogP contribution in [0.15, 0.2) is 72.8 Å².